The van der Waals surface area contributed by atoms with Gasteiger partial charge in [0.15, 0.2) is 0 Å². The molecule has 5 nitrogen and oxygen atoms in total. The highest BCUT2D eigenvalue weighted by Crippen LogP contribution is 2.22. The van der Waals surface area contributed by atoms with Crippen LogP contribution in [0.1, 0.15) is 22.7 Å². The fourth-order valence-electron chi connectivity index (χ4n) is 2.99. The van der Waals surface area contributed by atoms with Gasteiger partial charge in [-0.05, 0) is 18.1 Å². The number of rotatable bonds is 5. The molecule has 25 heavy (non-hydrogen) atoms. The van der Waals surface area contributed by atoms with Gasteiger partial charge in [0.1, 0.15) is 0 Å². The van der Waals surface area contributed by atoms with Gasteiger partial charge in [-0.3, -0.25) is 14.9 Å². The van der Waals surface area contributed by atoms with Crippen LogP contribution in [0.3, 0.4) is 0 Å². The Morgan fingerprint density at radius 3 is 2.48 bits per heavy atom. The third kappa shape index (κ3) is 4.45. The molecular formula is C20H23N3O2. The lowest BCUT2D eigenvalue weighted by molar-refractivity contribution is -0.137. The van der Waals surface area contributed by atoms with Crippen LogP contribution in [0, 0.1) is 6.92 Å². The summed E-state index contributed by atoms with van der Waals surface area (Å²) < 4.78 is 0. The van der Waals surface area contributed by atoms with Crippen LogP contribution in [-0.2, 0) is 9.59 Å². The average molecular weight is 337 g/mol. The Morgan fingerprint density at radius 2 is 1.80 bits per heavy atom. The molecule has 2 amide bonds. The summed E-state index contributed by atoms with van der Waals surface area (Å²) in [7, 11) is 0. The van der Waals surface area contributed by atoms with Crippen molar-refractivity contribution in [2.45, 2.75) is 13.0 Å². The molecule has 2 aromatic carbocycles. The van der Waals surface area contributed by atoms with Gasteiger partial charge in [-0.25, -0.2) is 0 Å². The van der Waals surface area contributed by atoms with Crippen LogP contribution >= 0.6 is 0 Å². The average Bonchev–Trinajstić information content (AvgIpc) is 2.64. The van der Waals surface area contributed by atoms with Crippen LogP contribution in [-0.4, -0.2) is 42.9 Å². The van der Waals surface area contributed by atoms with E-state index in [1.807, 2.05) is 18.2 Å². The minimum atomic E-state index is -0.0993. The van der Waals surface area contributed by atoms with Gasteiger partial charge in [-0.1, -0.05) is 60.2 Å². The zero-order chi connectivity index (χ0) is 17.6. The lowest BCUT2D eigenvalue weighted by Crippen LogP contribution is -2.52. The molecule has 0 unspecified atom stereocenters. The topological polar surface area (TPSA) is 61.4 Å². The van der Waals surface area contributed by atoms with Gasteiger partial charge in [-0.2, -0.15) is 0 Å². The molecule has 1 saturated heterocycles. The van der Waals surface area contributed by atoms with Crippen LogP contribution in [0.15, 0.2) is 54.6 Å². The Morgan fingerprint density at radius 1 is 1.12 bits per heavy atom. The molecule has 1 heterocycles. The van der Waals surface area contributed by atoms with Crippen molar-refractivity contribution < 1.29 is 9.59 Å². The summed E-state index contributed by atoms with van der Waals surface area (Å²) in [5.74, 6) is -0.152. The largest absolute Gasteiger partial charge is 0.353 e. The first-order valence-corrected chi connectivity index (χ1v) is 8.53. The number of carbonyl (C=O) groups excluding carboxylic acids is 2. The molecule has 1 fully saturated rings. The molecule has 1 atom stereocenters. The molecule has 3 rings (SSSR count). The minimum Gasteiger partial charge on any atom is -0.353 e. The van der Waals surface area contributed by atoms with E-state index in [9.17, 15) is 9.59 Å². The summed E-state index contributed by atoms with van der Waals surface area (Å²) in [5, 5.41) is 6.10. The second-order valence-corrected chi connectivity index (χ2v) is 6.30. The van der Waals surface area contributed by atoms with Gasteiger partial charge in [0.05, 0.1) is 19.1 Å². The standard InChI is InChI=1S/C20H23N3O2/c1-15-7-9-17(10-8-15)20(16-5-3-2-4-6-16)22-13-19(25)23-12-11-21-18(24)14-23/h2-10,20,22H,11-14H2,1H3,(H,21,24)/t20-/m1/s1. The smallest absolute Gasteiger partial charge is 0.239 e. The van der Waals surface area contributed by atoms with E-state index in [1.54, 1.807) is 4.90 Å². The Balaban J connectivity index is 1.73. The monoisotopic (exact) mass is 337 g/mol. The summed E-state index contributed by atoms with van der Waals surface area (Å²) in [5.41, 5.74) is 3.42. The zero-order valence-corrected chi connectivity index (χ0v) is 14.4. The highest BCUT2D eigenvalue weighted by Gasteiger charge is 2.22. The van der Waals surface area contributed by atoms with Gasteiger partial charge < -0.3 is 10.2 Å². The predicted octanol–water partition coefficient (Wildman–Crippen LogP) is 1.63. The van der Waals surface area contributed by atoms with Crippen LogP contribution < -0.4 is 10.6 Å². The number of amides is 2. The summed E-state index contributed by atoms with van der Waals surface area (Å²) >= 11 is 0. The van der Waals surface area contributed by atoms with E-state index >= 15 is 0 Å². The Labute approximate surface area is 148 Å². The van der Waals surface area contributed by atoms with Crippen molar-refractivity contribution in [1.82, 2.24) is 15.5 Å². The number of piperazine rings is 1. The molecule has 0 aromatic heterocycles. The molecule has 1 aliphatic heterocycles. The lowest BCUT2D eigenvalue weighted by atomic mass is 9.98. The summed E-state index contributed by atoms with van der Waals surface area (Å²) in [4.78, 5) is 25.5. The van der Waals surface area contributed by atoms with Gasteiger partial charge in [0.25, 0.3) is 0 Å². The number of nitrogens with one attached hydrogen (secondary N) is 2. The Bertz CT molecular complexity index is 728. The minimum absolute atomic E-state index is 0.0529. The van der Waals surface area contributed by atoms with E-state index in [0.717, 1.165) is 11.1 Å². The fourth-order valence-corrected chi connectivity index (χ4v) is 2.99. The number of nitrogens with zero attached hydrogens (tertiary/aromatic N) is 1. The van der Waals surface area contributed by atoms with E-state index in [1.165, 1.54) is 5.56 Å². The maximum absolute atomic E-state index is 12.4. The molecule has 5 heteroatoms. The first-order chi connectivity index (χ1) is 12.1. The molecule has 1 aliphatic rings. The SMILES string of the molecule is Cc1ccc([C@H](NCC(=O)N2CCNC(=O)C2)c2ccccc2)cc1. The maximum Gasteiger partial charge on any atom is 0.239 e. The number of hydrogen-bond acceptors (Lipinski definition) is 3. The first-order valence-electron chi connectivity index (χ1n) is 8.53. The summed E-state index contributed by atoms with van der Waals surface area (Å²) in [6, 6.07) is 18.3. The second kappa shape index (κ2) is 7.94. The first kappa shape index (κ1) is 17.2. The van der Waals surface area contributed by atoms with Gasteiger partial charge in [0.2, 0.25) is 11.8 Å². The second-order valence-electron chi connectivity index (χ2n) is 6.30. The third-order valence-corrected chi connectivity index (χ3v) is 4.39. The third-order valence-electron chi connectivity index (χ3n) is 4.39. The van der Waals surface area contributed by atoms with Crippen molar-refractivity contribution in [2.75, 3.05) is 26.2 Å². The van der Waals surface area contributed by atoms with Crippen molar-refractivity contribution in [1.29, 1.82) is 0 Å². The molecule has 0 radical (unpaired) electrons. The predicted molar refractivity (Wildman–Crippen MR) is 97.1 cm³/mol. The van der Waals surface area contributed by atoms with E-state index in [2.05, 4.69) is 54.0 Å². The molecule has 130 valence electrons. The normalized spacial score (nSPS) is 15.6. The van der Waals surface area contributed by atoms with Crippen LogP contribution in [0.2, 0.25) is 0 Å². The Hall–Kier alpha value is -2.66. The van der Waals surface area contributed by atoms with Gasteiger partial charge >= 0.3 is 0 Å². The number of carbonyl (C=O) groups is 2. The van der Waals surface area contributed by atoms with Crippen LogP contribution in [0.25, 0.3) is 0 Å². The van der Waals surface area contributed by atoms with E-state index in [0.29, 0.717) is 13.1 Å². The maximum atomic E-state index is 12.4. The lowest BCUT2D eigenvalue weighted by Gasteiger charge is -2.28. The van der Waals surface area contributed by atoms with Crippen molar-refractivity contribution >= 4 is 11.8 Å². The highest BCUT2D eigenvalue weighted by molar-refractivity contribution is 5.86. The van der Waals surface area contributed by atoms with E-state index < -0.39 is 0 Å². The number of aryl methyl sites for hydroxylation is 1. The van der Waals surface area contributed by atoms with Crippen molar-refractivity contribution in [3.8, 4) is 0 Å². The quantitative estimate of drug-likeness (QED) is 0.872. The van der Waals surface area contributed by atoms with Crippen molar-refractivity contribution in [2.24, 2.45) is 0 Å². The van der Waals surface area contributed by atoms with Crippen LogP contribution in [0.4, 0.5) is 0 Å². The molecular weight excluding hydrogens is 314 g/mol. The van der Waals surface area contributed by atoms with Crippen molar-refractivity contribution in [3.05, 3.63) is 71.3 Å². The van der Waals surface area contributed by atoms with Crippen LogP contribution in [0.5, 0.6) is 0 Å². The highest BCUT2D eigenvalue weighted by atomic mass is 16.2. The summed E-state index contributed by atoms with van der Waals surface area (Å²) in [6.07, 6.45) is 0. The van der Waals surface area contributed by atoms with E-state index in [4.69, 9.17) is 0 Å². The molecule has 2 N–H and O–H groups in total. The van der Waals surface area contributed by atoms with Crippen molar-refractivity contribution in [3.63, 3.8) is 0 Å². The number of benzene rings is 2. The van der Waals surface area contributed by atoms with Gasteiger partial charge in [-0.15, -0.1) is 0 Å². The zero-order valence-electron chi connectivity index (χ0n) is 14.4. The van der Waals surface area contributed by atoms with Gasteiger partial charge in [0, 0.05) is 13.1 Å². The molecule has 0 spiro atoms. The number of hydrogen-bond donors (Lipinski definition) is 2. The molecule has 0 saturated carbocycles. The van der Waals surface area contributed by atoms with E-state index in [-0.39, 0.29) is 30.9 Å². The summed E-state index contributed by atoms with van der Waals surface area (Å²) in [6.45, 7) is 3.47. The Kier molecular flexibility index (Phi) is 5.46. The molecule has 0 bridgehead atoms. The molecule has 0 aliphatic carbocycles. The molecule has 2 aromatic rings. The fraction of sp³-hybridized carbons (Fsp3) is 0.300.